The molecule has 0 radical (unpaired) electrons. The lowest BCUT2D eigenvalue weighted by Crippen LogP contribution is -2.48. The third-order valence-electron chi connectivity index (χ3n) is 5.42. The Hall–Kier alpha value is -1.18. The van der Waals surface area contributed by atoms with Gasteiger partial charge in [0.1, 0.15) is 0 Å². The Morgan fingerprint density at radius 1 is 1.15 bits per heavy atom. The summed E-state index contributed by atoms with van der Waals surface area (Å²) in [5, 5.41) is 3.06. The zero-order valence-corrected chi connectivity index (χ0v) is 16.6. The van der Waals surface area contributed by atoms with E-state index in [9.17, 15) is 4.79 Å². The summed E-state index contributed by atoms with van der Waals surface area (Å²) < 4.78 is 16.7. The first-order valence-electron chi connectivity index (χ1n) is 9.55. The van der Waals surface area contributed by atoms with Crippen molar-refractivity contribution in [2.45, 2.75) is 44.9 Å². The molecule has 7 heteroatoms. The Balaban J connectivity index is 0.00000261. The van der Waals surface area contributed by atoms with Gasteiger partial charge in [0.15, 0.2) is 0 Å². The van der Waals surface area contributed by atoms with Gasteiger partial charge in [0.25, 0.3) is 0 Å². The lowest BCUT2D eigenvalue weighted by Gasteiger charge is -2.34. The molecule has 0 atom stereocenters. The van der Waals surface area contributed by atoms with E-state index in [0.717, 1.165) is 37.2 Å². The van der Waals surface area contributed by atoms with Crippen molar-refractivity contribution in [1.29, 1.82) is 0 Å². The molecule has 1 aromatic carbocycles. The van der Waals surface area contributed by atoms with Crippen LogP contribution >= 0.6 is 12.4 Å². The molecule has 6 nitrogen and oxygen atoms in total. The number of nitrogens with one attached hydrogen (secondary N) is 1. The normalized spacial score (nSPS) is 19.9. The van der Waals surface area contributed by atoms with Crippen LogP contribution in [-0.4, -0.2) is 45.0 Å². The number of halogens is 1. The number of hydrogen-bond donors (Lipinski definition) is 2. The maximum Gasteiger partial charge on any atom is 0.227 e. The molecule has 0 aliphatic carbocycles. The standard InChI is InChI=1S/C20H30N2O4.ClH/c21-15-20(6-10-25-11-7-20)19(23)22-13-16-2-1-3-17(12-16)14-26-18-4-8-24-9-5-18;/h1-3,12,18H,4-11,13-15,21H2,(H,22,23);1H. The highest BCUT2D eigenvalue weighted by molar-refractivity contribution is 5.85. The largest absolute Gasteiger partial charge is 0.381 e. The second-order valence-corrected chi connectivity index (χ2v) is 7.22. The monoisotopic (exact) mass is 398 g/mol. The molecule has 0 spiro atoms. The van der Waals surface area contributed by atoms with Crippen LogP contribution < -0.4 is 11.1 Å². The van der Waals surface area contributed by atoms with Crippen LogP contribution in [0.25, 0.3) is 0 Å². The molecule has 2 aliphatic heterocycles. The summed E-state index contributed by atoms with van der Waals surface area (Å²) in [5.74, 6) is 0.0344. The van der Waals surface area contributed by atoms with Crippen LogP contribution in [-0.2, 0) is 32.2 Å². The number of carbonyl (C=O) groups excluding carboxylic acids is 1. The van der Waals surface area contributed by atoms with Gasteiger partial charge < -0.3 is 25.3 Å². The van der Waals surface area contributed by atoms with Gasteiger partial charge in [0.05, 0.1) is 18.1 Å². The smallest absolute Gasteiger partial charge is 0.227 e. The topological polar surface area (TPSA) is 82.8 Å². The van der Waals surface area contributed by atoms with E-state index in [1.54, 1.807) is 0 Å². The van der Waals surface area contributed by atoms with Crippen LogP contribution in [0.1, 0.15) is 36.8 Å². The van der Waals surface area contributed by atoms with Gasteiger partial charge >= 0.3 is 0 Å². The summed E-state index contributed by atoms with van der Waals surface area (Å²) in [6.45, 7) is 4.23. The van der Waals surface area contributed by atoms with E-state index < -0.39 is 5.41 Å². The Kier molecular flexibility index (Phi) is 8.99. The molecule has 0 aromatic heterocycles. The zero-order chi connectivity index (χ0) is 18.2. The molecule has 0 saturated carbocycles. The Bertz CT molecular complexity index is 587. The molecule has 2 aliphatic rings. The number of hydrogen-bond acceptors (Lipinski definition) is 5. The first-order valence-corrected chi connectivity index (χ1v) is 9.55. The average Bonchev–Trinajstić information content (AvgIpc) is 2.72. The lowest BCUT2D eigenvalue weighted by atomic mass is 9.79. The third kappa shape index (κ3) is 6.16. The van der Waals surface area contributed by atoms with Crippen LogP contribution in [0, 0.1) is 5.41 Å². The van der Waals surface area contributed by atoms with Crippen molar-refractivity contribution >= 4 is 18.3 Å². The van der Waals surface area contributed by atoms with Crippen molar-refractivity contribution in [3.8, 4) is 0 Å². The minimum Gasteiger partial charge on any atom is -0.381 e. The van der Waals surface area contributed by atoms with Crippen molar-refractivity contribution in [1.82, 2.24) is 5.32 Å². The van der Waals surface area contributed by atoms with Gasteiger partial charge in [-0.2, -0.15) is 0 Å². The summed E-state index contributed by atoms with van der Waals surface area (Å²) in [7, 11) is 0. The molecule has 3 rings (SSSR count). The first-order chi connectivity index (χ1) is 12.7. The van der Waals surface area contributed by atoms with E-state index in [1.165, 1.54) is 0 Å². The molecule has 27 heavy (non-hydrogen) atoms. The fourth-order valence-corrected chi connectivity index (χ4v) is 3.54. The van der Waals surface area contributed by atoms with Gasteiger partial charge in [0.2, 0.25) is 5.91 Å². The summed E-state index contributed by atoms with van der Waals surface area (Å²) in [4.78, 5) is 12.7. The molecule has 0 bridgehead atoms. The highest BCUT2D eigenvalue weighted by atomic mass is 35.5. The highest BCUT2D eigenvalue weighted by Gasteiger charge is 2.38. The van der Waals surface area contributed by atoms with Crippen molar-refractivity contribution in [2.75, 3.05) is 33.0 Å². The predicted octanol–water partition coefficient (Wildman–Crippen LogP) is 2.18. The zero-order valence-electron chi connectivity index (χ0n) is 15.8. The van der Waals surface area contributed by atoms with E-state index in [0.29, 0.717) is 45.8 Å². The summed E-state index contributed by atoms with van der Waals surface area (Å²) in [6.07, 6.45) is 3.58. The lowest BCUT2D eigenvalue weighted by molar-refractivity contribution is -0.136. The number of nitrogens with two attached hydrogens (primary N) is 1. The maximum absolute atomic E-state index is 12.7. The minimum absolute atomic E-state index is 0. The van der Waals surface area contributed by atoms with Crippen LogP contribution in [0.2, 0.25) is 0 Å². The van der Waals surface area contributed by atoms with Crippen molar-refractivity contribution in [3.05, 3.63) is 35.4 Å². The first kappa shape index (κ1) is 22.1. The van der Waals surface area contributed by atoms with E-state index in [1.807, 2.05) is 12.1 Å². The second-order valence-electron chi connectivity index (χ2n) is 7.22. The van der Waals surface area contributed by atoms with Gasteiger partial charge in [0, 0.05) is 39.5 Å². The molecule has 1 aromatic rings. The maximum atomic E-state index is 12.7. The van der Waals surface area contributed by atoms with Crippen LogP contribution in [0.4, 0.5) is 0 Å². The van der Waals surface area contributed by atoms with E-state index >= 15 is 0 Å². The predicted molar refractivity (Wildman–Crippen MR) is 106 cm³/mol. The fraction of sp³-hybridized carbons (Fsp3) is 0.650. The van der Waals surface area contributed by atoms with Gasteiger partial charge in [-0.1, -0.05) is 24.3 Å². The number of rotatable bonds is 7. The Morgan fingerprint density at radius 2 is 1.81 bits per heavy atom. The van der Waals surface area contributed by atoms with Crippen molar-refractivity contribution in [2.24, 2.45) is 11.1 Å². The molecule has 3 N–H and O–H groups in total. The number of amides is 1. The third-order valence-corrected chi connectivity index (χ3v) is 5.42. The fourth-order valence-electron chi connectivity index (χ4n) is 3.54. The molecule has 152 valence electrons. The van der Waals surface area contributed by atoms with Gasteiger partial charge in [-0.15, -0.1) is 12.4 Å². The molecule has 0 unspecified atom stereocenters. The highest BCUT2D eigenvalue weighted by Crippen LogP contribution is 2.29. The summed E-state index contributed by atoms with van der Waals surface area (Å²) in [5.41, 5.74) is 7.62. The van der Waals surface area contributed by atoms with Gasteiger partial charge in [-0.3, -0.25) is 4.79 Å². The molecule has 2 fully saturated rings. The molecule has 2 heterocycles. The Labute approximate surface area is 167 Å². The number of carbonyl (C=O) groups is 1. The van der Waals surface area contributed by atoms with Gasteiger partial charge in [-0.05, 0) is 36.8 Å². The van der Waals surface area contributed by atoms with Crippen LogP contribution in [0.5, 0.6) is 0 Å². The molecular formula is C20H31ClN2O4. The molecule has 1 amide bonds. The quantitative estimate of drug-likeness (QED) is 0.735. The molecule has 2 saturated heterocycles. The van der Waals surface area contributed by atoms with Crippen LogP contribution in [0.15, 0.2) is 24.3 Å². The second kappa shape index (κ2) is 11.0. The number of benzene rings is 1. The minimum atomic E-state index is -0.484. The van der Waals surface area contributed by atoms with Gasteiger partial charge in [-0.25, -0.2) is 0 Å². The SMILES string of the molecule is Cl.NCC1(C(=O)NCc2cccc(COC3CCOCC3)c2)CCOCC1. The van der Waals surface area contributed by atoms with Crippen molar-refractivity contribution < 1.29 is 19.0 Å². The average molecular weight is 399 g/mol. The van der Waals surface area contributed by atoms with Crippen LogP contribution in [0.3, 0.4) is 0 Å². The van der Waals surface area contributed by atoms with E-state index in [2.05, 4.69) is 17.4 Å². The number of ether oxygens (including phenoxy) is 3. The van der Waals surface area contributed by atoms with Crippen molar-refractivity contribution in [3.63, 3.8) is 0 Å². The van der Waals surface area contributed by atoms with E-state index in [-0.39, 0.29) is 24.4 Å². The van der Waals surface area contributed by atoms with E-state index in [4.69, 9.17) is 19.9 Å². The Morgan fingerprint density at radius 3 is 2.52 bits per heavy atom. The summed E-state index contributed by atoms with van der Waals surface area (Å²) >= 11 is 0. The molecular weight excluding hydrogens is 368 g/mol. The summed E-state index contributed by atoms with van der Waals surface area (Å²) in [6, 6.07) is 8.19.